The summed E-state index contributed by atoms with van der Waals surface area (Å²) in [5.41, 5.74) is 4.46. The zero-order chi connectivity index (χ0) is 14.5. The van der Waals surface area contributed by atoms with E-state index >= 15 is 0 Å². The number of amides is 1. The highest BCUT2D eigenvalue weighted by Crippen LogP contribution is 2.28. The molecular formula is C16H17NO3S. The van der Waals surface area contributed by atoms with Gasteiger partial charge in [0.2, 0.25) is 0 Å². The van der Waals surface area contributed by atoms with Gasteiger partial charge >= 0.3 is 0 Å². The molecule has 1 aliphatic rings. The van der Waals surface area contributed by atoms with Crippen LogP contribution in [0, 0.1) is 0 Å². The van der Waals surface area contributed by atoms with Crippen LogP contribution in [0.4, 0.5) is 0 Å². The molecule has 4 nitrogen and oxygen atoms in total. The molecule has 2 aromatic rings. The van der Waals surface area contributed by atoms with Crippen molar-refractivity contribution in [1.29, 1.82) is 0 Å². The molecule has 5 heteroatoms. The van der Waals surface area contributed by atoms with Crippen LogP contribution >= 0.6 is 11.3 Å². The molecule has 3 rings (SSSR count). The van der Waals surface area contributed by atoms with Gasteiger partial charge in [-0.1, -0.05) is 30.3 Å². The molecular weight excluding hydrogens is 286 g/mol. The van der Waals surface area contributed by atoms with Gasteiger partial charge in [-0.05, 0) is 29.9 Å². The van der Waals surface area contributed by atoms with Gasteiger partial charge in [0, 0.05) is 18.6 Å². The first-order valence-corrected chi connectivity index (χ1v) is 7.93. The second-order valence-electron chi connectivity index (χ2n) is 4.87. The number of ether oxygens (including phenoxy) is 1. The summed E-state index contributed by atoms with van der Waals surface area (Å²) in [6, 6.07) is 11.8. The van der Waals surface area contributed by atoms with Crippen molar-refractivity contribution >= 4 is 17.2 Å². The second-order valence-corrected chi connectivity index (χ2v) is 5.79. The molecule has 1 aromatic carbocycles. The van der Waals surface area contributed by atoms with Crippen LogP contribution in [0.15, 0.2) is 41.8 Å². The van der Waals surface area contributed by atoms with Crippen molar-refractivity contribution in [1.82, 2.24) is 5.48 Å². The topological polar surface area (TPSA) is 47.6 Å². The molecule has 2 heterocycles. The Morgan fingerprint density at radius 3 is 2.86 bits per heavy atom. The number of hydrogen-bond donors (Lipinski definition) is 1. The van der Waals surface area contributed by atoms with Gasteiger partial charge in [-0.15, -0.1) is 11.3 Å². The Bertz CT molecular complexity index is 591. The average molecular weight is 303 g/mol. The first-order valence-electron chi connectivity index (χ1n) is 7.05. The van der Waals surface area contributed by atoms with Gasteiger partial charge in [0.25, 0.3) is 5.91 Å². The number of hydrogen-bond acceptors (Lipinski definition) is 4. The van der Waals surface area contributed by atoms with Gasteiger partial charge in [0.1, 0.15) is 4.88 Å². The number of benzene rings is 1. The molecule has 1 fully saturated rings. The smallest absolute Gasteiger partial charge is 0.285 e. The monoisotopic (exact) mass is 303 g/mol. The minimum absolute atomic E-state index is 0.224. The molecule has 1 saturated heterocycles. The second kappa shape index (κ2) is 6.85. The Kier molecular flexibility index (Phi) is 4.65. The van der Waals surface area contributed by atoms with Crippen molar-refractivity contribution in [3.05, 3.63) is 46.7 Å². The van der Waals surface area contributed by atoms with Crippen LogP contribution in [0.2, 0.25) is 0 Å². The van der Waals surface area contributed by atoms with Crippen LogP contribution < -0.4 is 5.48 Å². The van der Waals surface area contributed by atoms with Crippen LogP contribution in [0.1, 0.15) is 28.9 Å². The summed E-state index contributed by atoms with van der Waals surface area (Å²) in [7, 11) is 0. The van der Waals surface area contributed by atoms with E-state index in [1.807, 2.05) is 41.8 Å². The molecule has 1 atom stereocenters. The van der Waals surface area contributed by atoms with Gasteiger partial charge < -0.3 is 4.74 Å². The molecule has 1 aliphatic heterocycles. The first-order chi connectivity index (χ1) is 10.3. The van der Waals surface area contributed by atoms with Gasteiger partial charge in [-0.2, -0.15) is 0 Å². The van der Waals surface area contributed by atoms with Gasteiger partial charge in [-0.25, -0.2) is 10.3 Å². The summed E-state index contributed by atoms with van der Waals surface area (Å²) in [6.07, 6.45) is 2.60. The first kappa shape index (κ1) is 14.3. The van der Waals surface area contributed by atoms with Gasteiger partial charge in [0.15, 0.2) is 6.29 Å². The maximum absolute atomic E-state index is 12.3. The number of carbonyl (C=O) groups is 1. The molecule has 0 saturated carbocycles. The fourth-order valence-corrected chi connectivity index (χ4v) is 3.10. The van der Waals surface area contributed by atoms with Crippen molar-refractivity contribution < 1.29 is 14.4 Å². The normalized spacial score (nSPS) is 18.4. The molecule has 110 valence electrons. The molecule has 0 aliphatic carbocycles. The zero-order valence-electron chi connectivity index (χ0n) is 11.6. The molecule has 0 spiro atoms. The summed E-state index contributed by atoms with van der Waals surface area (Å²) in [5.74, 6) is -0.224. The van der Waals surface area contributed by atoms with E-state index in [1.165, 1.54) is 11.3 Å². The van der Waals surface area contributed by atoms with E-state index in [4.69, 9.17) is 9.57 Å². The fourth-order valence-electron chi connectivity index (χ4n) is 2.30. The third-order valence-electron chi connectivity index (χ3n) is 3.38. The third-order valence-corrected chi connectivity index (χ3v) is 4.29. The van der Waals surface area contributed by atoms with Crippen LogP contribution in [-0.2, 0) is 9.57 Å². The van der Waals surface area contributed by atoms with Crippen LogP contribution in [-0.4, -0.2) is 18.8 Å². The van der Waals surface area contributed by atoms with E-state index in [2.05, 4.69) is 5.48 Å². The van der Waals surface area contributed by atoms with Crippen LogP contribution in [0.25, 0.3) is 11.1 Å². The van der Waals surface area contributed by atoms with E-state index in [0.717, 1.165) is 30.4 Å². The lowest BCUT2D eigenvalue weighted by atomic mass is 10.1. The van der Waals surface area contributed by atoms with Crippen molar-refractivity contribution in [2.75, 3.05) is 6.61 Å². The molecule has 1 unspecified atom stereocenters. The molecule has 1 amide bonds. The Balaban J connectivity index is 1.66. The SMILES string of the molecule is O=C(NOC1CCCCO1)c1sccc1-c1ccccc1. The maximum Gasteiger partial charge on any atom is 0.285 e. The van der Waals surface area contributed by atoms with E-state index in [0.29, 0.717) is 11.5 Å². The minimum atomic E-state index is -0.331. The zero-order valence-corrected chi connectivity index (χ0v) is 12.4. The van der Waals surface area contributed by atoms with Crippen LogP contribution in [0.5, 0.6) is 0 Å². The Morgan fingerprint density at radius 1 is 1.24 bits per heavy atom. The Hall–Kier alpha value is -1.69. The highest BCUT2D eigenvalue weighted by atomic mass is 32.1. The van der Waals surface area contributed by atoms with Crippen molar-refractivity contribution in [3.8, 4) is 11.1 Å². The lowest BCUT2D eigenvalue weighted by molar-refractivity contribution is -0.186. The summed E-state index contributed by atoms with van der Waals surface area (Å²) >= 11 is 1.41. The summed E-state index contributed by atoms with van der Waals surface area (Å²) in [4.78, 5) is 18.3. The predicted molar refractivity (Wildman–Crippen MR) is 81.9 cm³/mol. The lowest BCUT2D eigenvalue weighted by Crippen LogP contribution is -2.32. The number of hydroxylamine groups is 1. The van der Waals surface area contributed by atoms with E-state index < -0.39 is 0 Å². The van der Waals surface area contributed by atoms with E-state index in [1.54, 1.807) is 0 Å². The molecule has 0 bridgehead atoms. The van der Waals surface area contributed by atoms with E-state index in [9.17, 15) is 4.79 Å². The summed E-state index contributed by atoms with van der Waals surface area (Å²) in [6.45, 7) is 0.689. The van der Waals surface area contributed by atoms with Gasteiger partial charge in [-0.3, -0.25) is 4.79 Å². The number of rotatable bonds is 4. The average Bonchev–Trinajstić information content (AvgIpc) is 3.04. The van der Waals surface area contributed by atoms with E-state index in [-0.39, 0.29) is 12.2 Å². The van der Waals surface area contributed by atoms with Gasteiger partial charge in [0.05, 0.1) is 0 Å². The molecule has 1 aromatic heterocycles. The number of thiophene rings is 1. The number of carbonyl (C=O) groups excluding carboxylic acids is 1. The highest BCUT2D eigenvalue weighted by Gasteiger charge is 2.19. The number of nitrogens with one attached hydrogen (secondary N) is 1. The predicted octanol–water partition coefficient (Wildman–Crippen LogP) is 3.60. The summed E-state index contributed by atoms with van der Waals surface area (Å²) in [5, 5.41) is 1.91. The summed E-state index contributed by atoms with van der Waals surface area (Å²) < 4.78 is 5.43. The Morgan fingerprint density at radius 2 is 2.10 bits per heavy atom. The van der Waals surface area contributed by atoms with Crippen molar-refractivity contribution in [2.24, 2.45) is 0 Å². The lowest BCUT2D eigenvalue weighted by Gasteiger charge is -2.22. The standard InChI is InChI=1S/C16H17NO3S/c18-16(17-20-14-8-4-5-10-19-14)15-13(9-11-21-15)12-6-2-1-3-7-12/h1-3,6-7,9,11,14H,4-5,8,10H2,(H,17,18). The minimum Gasteiger partial charge on any atom is -0.350 e. The quantitative estimate of drug-likeness (QED) is 0.878. The largest absolute Gasteiger partial charge is 0.350 e. The molecule has 21 heavy (non-hydrogen) atoms. The Labute approximate surface area is 127 Å². The van der Waals surface area contributed by atoms with Crippen LogP contribution in [0.3, 0.4) is 0 Å². The van der Waals surface area contributed by atoms with Crippen molar-refractivity contribution in [2.45, 2.75) is 25.6 Å². The third kappa shape index (κ3) is 3.50. The molecule has 0 radical (unpaired) electrons. The highest BCUT2D eigenvalue weighted by molar-refractivity contribution is 7.12. The fraction of sp³-hybridized carbons (Fsp3) is 0.312. The van der Waals surface area contributed by atoms with Crippen molar-refractivity contribution in [3.63, 3.8) is 0 Å². The maximum atomic E-state index is 12.3. The molecule has 1 N–H and O–H groups in total.